The Labute approximate surface area is 73.4 Å². The highest BCUT2D eigenvalue weighted by Crippen LogP contribution is 2.31. The smallest absolute Gasteiger partial charge is 0.0372 e. The molecular formula is C7H10BrNS. The van der Waals surface area contributed by atoms with E-state index in [1.54, 1.807) is 11.3 Å². The third kappa shape index (κ3) is 1.41. The molecule has 0 bridgehead atoms. The van der Waals surface area contributed by atoms with Gasteiger partial charge in [0.05, 0.1) is 0 Å². The molecule has 56 valence electrons. The largest absolute Gasteiger partial charge is 0.323 e. The lowest BCUT2D eigenvalue weighted by Gasteiger charge is -2.00. The van der Waals surface area contributed by atoms with Gasteiger partial charge >= 0.3 is 0 Å². The zero-order valence-electron chi connectivity index (χ0n) is 6.02. The Kier molecular flexibility index (Phi) is 2.50. The Hall–Kier alpha value is 0.140. The zero-order chi connectivity index (χ0) is 7.72. The summed E-state index contributed by atoms with van der Waals surface area (Å²) in [6.45, 7) is 4.07. The Bertz CT molecular complexity index is 230. The van der Waals surface area contributed by atoms with Crippen molar-refractivity contribution in [2.75, 3.05) is 0 Å². The first-order chi connectivity index (χ1) is 4.63. The minimum absolute atomic E-state index is 0.146. The third-order valence-corrected chi connectivity index (χ3v) is 3.96. The highest BCUT2D eigenvalue weighted by Gasteiger charge is 2.08. The SMILES string of the molecule is Cc1csc(C(C)N)c1Br. The summed E-state index contributed by atoms with van der Waals surface area (Å²) in [6.07, 6.45) is 0. The van der Waals surface area contributed by atoms with Gasteiger partial charge in [-0.1, -0.05) is 0 Å². The Morgan fingerprint density at radius 1 is 1.70 bits per heavy atom. The van der Waals surface area contributed by atoms with Crippen LogP contribution in [0.4, 0.5) is 0 Å². The van der Waals surface area contributed by atoms with Crippen molar-refractivity contribution in [3.63, 3.8) is 0 Å². The minimum Gasteiger partial charge on any atom is -0.323 e. The predicted molar refractivity (Wildman–Crippen MR) is 49.4 cm³/mol. The number of halogens is 1. The van der Waals surface area contributed by atoms with Crippen LogP contribution >= 0.6 is 27.3 Å². The van der Waals surface area contributed by atoms with Crippen LogP contribution in [0.15, 0.2) is 9.85 Å². The average molecular weight is 220 g/mol. The summed E-state index contributed by atoms with van der Waals surface area (Å²) < 4.78 is 1.17. The molecule has 0 aliphatic carbocycles. The van der Waals surface area contributed by atoms with Crippen molar-refractivity contribution in [1.82, 2.24) is 0 Å². The average Bonchev–Trinajstić information content (AvgIpc) is 2.14. The molecule has 1 heterocycles. The van der Waals surface area contributed by atoms with E-state index in [1.165, 1.54) is 14.9 Å². The molecule has 0 amide bonds. The van der Waals surface area contributed by atoms with Gasteiger partial charge in [0, 0.05) is 15.4 Å². The van der Waals surface area contributed by atoms with E-state index >= 15 is 0 Å². The van der Waals surface area contributed by atoms with Gasteiger partial charge in [-0.25, -0.2) is 0 Å². The molecule has 1 nitrogen and oxygen atoms in total. The maximum atomic E-state index is 5.71. The summed E-state index contributed by atoms with van der Waals surface area (Å²) in [4.78, 5) is 1.23. The van der Waals surface area contributed by atoms with Gasteiger partial charge in [0.15, 0.2) is 0 Å². The van der Waals surface area contributed by atoms with E-state index in [4.69, 9.17) is 5.73 Å². The highest BCUT2D eigenvalue weighted by atomic mass is 79.9. The number of thiophene rings is 1. The minimum atomic E-state index is 0.146. The van der Waals surface area contributed by atoms with Crippen molar-refractivity contribution in [2.24, 2.45) is 5.73 Å². The van der Waals surface area contributed by atoms with E-state index in [-0.39, 0.29) is 6.04 Å². The van der Waals surface area contributed by atoms with E-state index in [9.17, 15) is 0 Å². The van der Waals surface area contributed by atoms with Gasteiger partial charge in [-0.05, 0) is 40.7 Å². The molecule has 1 atom stereocenters. The monoisotopic (exact) mass is 219 g/mol. The Balaban J connectivity index is 3.05. The van der Waals surface area contributed by atoms with Gasteiger partial charge in [0.1, 0.15) is 0 Å². The number of rotatable bonds is 1. The highest BCUT2D eigenvalue weighted by molar-refractivity contribution is 9.10. The van der Waals surface area contributed by atoms with Gasteiger partial charge in [-0.3, -0.25) is 0 Å². The molecule has 0 aliphatic heterocycles. The Morgan fingerprint density at radius 3 is 2.50 bits per heavy atom. The molecule has 0 radical (unpaired) electrons. The third-order valence-electron chi connectivity index (χ3n) is 1.34. The summed E-state index contributed by atoms with van der Waals surface area (Å²) in [5.41, 5.74) is 6.98. The van der Waals surface area contributed by atoms with E-state index in [1.807, 2.05) is 6.92 Å². The standard InChI is InChI=1S/C7H10BrNS/c1-4-3-10-7(5(2)9)6(4)8/h3,5H,9H2,1-2H3. The van der Waals surface area contributed by atoms with Crippen LogP contribution in [0.3, 0.4) is 0 Å². The fourth-order valence-corrected chi connectivity index (χ4v) is 2.57. The molecule has 1 aromatic heterocycles. The molecule has 0 aliphatic rings. The van der Waals surface area contributed by atoms with Crippen molar-refractivity contribution in [3.05, 3.63) is 20.3 Å². The second kappa shape index (κ2) is 3.03. The van der Waals surface area contributed by atoms with E-state index in [0.717, 1.165) is 0 Å². The predicted octanol–water partition coefficient (Wildman–Crippen LogP) is 2.84. The second-order valence-corrected chi connectivity index (χ2v) is 4.09. The topological polar surface area (TPSA) is 26.0 Å². The van der Waals surface area contributed by atoms with Crippen LogP contribution < -0.4 is 5.73 Å². The molecule has 0 fully saturated rings. The molecule has 1 rings (SSSR count). The number of hydrogen-bond donors (Lipinski definition) is 1. The molecule has 0 saturated carbocycles. The lowest BCUT2D eigenvalue weighted by Crippen LogP contribution is -2.02. The zero-order valence-corrected chi connectivity index (χ0v) is 8.42. The molecule has 0 spiro atoms. The molecule has 1 aromatic rings. The van der Waals surface area contributed by atoms with Crippen LogP contribution in [-0.2, 0) is 0 Å². The number of aryl methyl sites for hydroxylation is 1. The summed E-state index contributed by atoms with van der Waals surface area (Å²) in [5, 5.41) is 2.11. The van der Waals surface area contributed by atoms with Crippen molar-refractivity contribution in [3.8, 4) is 0 Å². The second-order valence-electron chi connectivity index (χ2n) is 2.39. The summed E-state index contributed by atoms with van der Waals surface area (Å²) in [7, 11) is 0. The van der Waals surface area contributed by atoms with Gasteiger partial charge < -0.3 is 5.73 Å². The molecule has 1 unspecified atom stereocenters. The lowest BCUT2D eigenvalue weighted by molar-refractivity contribution is 0.833. The van der Waals surface area contributed by atoms with Gasteiger partial charge in [0.25, 0.3) is 0 Å². The maximum absolute atomic E-state index is 5.71. The van der Waals surface area contributed by atoms with E-state index < -0.39 is 0 Å². The molecule has 10 heavy (non-hydrogen) atoms. The fourth-order valence-electron chi connectivity index (χ4n) is 0.757. The molecule has 0 saturated heterocycles. The first-order valence-corrected chi connectivity index (χ1v) is 4.79. The van der Waals surface area contributed by atoms with Gasteiger partial charge in [0.2, 0.25) is 0 Å². The fraction of sp³-hybridized carbons (Fsp3) is 0.429. The van der Waals surface area contributed by atoms with Crippen molar-refractivity contribution in [1.29, 1.82) is 0 Å². The molecular weight excluding hydrogens is 210 g/mol. The molecule has 3 heteroatoms. The van der Waals surface area contributed by atoms with Crippen LogP contribution in [0.2, 0.25) is 0 Å². The van der Waals surface area contributed by atoms with Crippen molar-refractivity contribution >= 4 is 27.3 Å². The summed E-state index contributed by atoms with van der Waals surface area (Å²) in [5.74, 6) is 0. The molecule has 2 N–H and O–H groups in total. The van der Waals surface area contributed by atoms with E-state index in [0.29, 0.717) is 0 Å². The van der Waals surface area contributed by atoms with Crippen molar-refractivity contribution in [2.45, 2.75) is 19.9 Å². The van der Waals surface area contributed by atoms with Crippen LogP contribution in [0.5, 0.6) is 0 Å². The van der Waals surface area contributed by atoms with Crippen LogP contribution in [0, 0.1) is 6.92 Å². The lowest BCUT2D eigenvalue weighted by atomic mass is 10.2. The van der Waals surface area contributed by atoms with Crippen LogP contribution in [-0.4, -0.2) is 0 Å². The van der Waals surface area contributed by atoms with Crippen LogP contribution in [0.1, 0.15) is 23.4 Å². The number of nitrogens with two attached hydrogens (primary N) is 1. The van der Waals surface area contributed by atoms with Gasteiger partial charge in [-0.15, -0.1) is 11.3 Å². The van der Waals surface area contributed by atoms with Crippen molar-refractivity contribution < 1.29 is 0 Å². The quantitative estimate of drug-likeness (QED) is 0.773. The Morgan fingerprint density at radius 2 is 2.30 bits per heavy atom. The first kappa shape index (κ1) is 8.24. The van der Waals surface area contributed by atoms with Gasteiger partial charge in [-0.2, -0.15) is 0 Å². The first-order valence-electron chi connectivity index (χ1n) is 3.12. The summed E-state index contributed by atoms with van der Waals surface area (Å²) >= 11 is 5.19. The number of hydrogen-bond acceptors (Lipinski definition) is 2. The van der Waals surface area contributed by atoms with Crippen LogP contribution in [0.25, 0.3) is 0 Å². The normalized spacial score (nSPS) is 13.6. The summed E-state index contributed by atoms with van der Waals surface area (Å²) in [6, 6.07) is 0.146. The van der Waals surface area contributed by atoms with E-state index in [2.05, 4.69) is 28.2 Å². The maximum Gasteiger partial charge on any atom is 0.0372 e. The molecule has 0 aromatic carbocycles.